The quantitative estimate of drug-likeness (QED) is 0.624. The molecule has 0 N–H and O–H groups in total. The van der Waals surface area contributed by atoms with E-state index in [0.29, 0.717) is 6.42 Å². The molecule has 0 bridgehead atoms. The van der Waals surface area contributed by atoms with Crippen LogP contribution >= 0.6 is 15.9 Å². The second kappa shape index (κ2) is 3.59. The Morgan fingerprint density at radius 3 is 2.82 bits per heavy atom. The molecule has 0 aliphatic rings. The number of hydrogen-bond acceptors (Lipinski definition) is 0. The molecule has 0 nitrogen and oxygen atoms in total. The monoisotopic (exact) mass is 208 g/mol. The van der Waals surface area contributed by atoms with Gasteiger partial charge in [-0.3, -0.25) is 0 Å². The second-order valence-electron chi connectivity index (χ2n) is 2.46. The summed E-state index contributed by atoms with van der Waals surface area (Å²) in [6.07, 6.45) is 5.89. The molecule has 0 radical (unpaired) electrons. The fourth-order valence-electron chi connectivity index (χ4n) is 0.864. The van der Waals surface area contributed by atoms with Gasteiger partial charge in [-0.1, -0.05) is 28.1 Å². The van der Waals surface area contributed by atoms with Crippen molar-refractivity contribution in [2.75, 3.05) is 0 Å². The molecule has 56 valence electrons. The summed E-state index contributed by atoms with van der Waals surface area (Å²) in [6.45, 7) is 2.06. The van der Waals surface area contributed by atoms with Gasteiger partial charge in [0.05, 0.1) is 0 Å². The fraction of sp³-hybridized carbons (Fsp3) is 0.200. The van der Waals surface area contributed by atoms with E-state index in [-0.39, 0.29) is 0 Å². The van der Waals surface area contributed by atoms with E-state index in [1.54, 1.807) is 0 Å². The molecule has 0 fully saturated rings. The average Bonchev–Trinajstić information content (AvgIpc) is 1.98. The van der Waals surface area contributed by atoms with E-state index < -0.39 is 0 Å². The SMILES string of the molecule is C#CCc1ccc(C)c(Br)c1. The third-order valence-corrected chi connectivity index (χ3v) is 2.40. The maximum atomic E-state index is 5.18. The largest absolute Gasteiger partial charge is 0.120 e. The van der Waals surface area contributed by atoms with Gasteiger partial charge >= 0.3 is 0 Å². The molecule has 1 heteroatoms. The predicted molar refractivity (Wildman–Crippen MR) is 51.4 cm³/mol. The molecule has 0 aliphatic heterocycles. The van der Waals surface area contributed by atoms with Crippen molar-refractivity contribution in [1.82, 2.24) is 0 Å². The number of halogens is 1. The fourth-order valence-corrected chi connectivity index (χ4v) is 1.29. The van der Waals surface area contributed by atoms with Crippen LogP contribution in [0.1, 0.15) is 11.1 Å². The lowest BCUT2D eigenvalue weighted by atomic mass is 10.1. The third-order valence-electron chi connectivity index (χ3n) is 1.54. The molecule has 1 aromatic rings. The molecule has 0 aromatic heterocycles. The van der Waals surface area contributed by atoms with Gasteiger partial charge in [-0.2, -0.15) is 0 Å². The first-order valence-corrected chi connectivity index (χ1v) is 4.22. The average molecular weight is 209 g/mol. The van der Waals surface area contributed by atoms with Crippen molar-refractivity contribution in [1.29, 1.82) is 0 Å². The van der Waals surface area contributed by atoms with E-state index in [1.807, 2.05) is 0 Å². The summed E-state index contributed by atoms with van der Waals surface area (Å²) in [6, 6.07) is 6.19. The second-order valence-corrected chi connectivity index (χ2v) is 3.32. The Bertz CT molecular complexity index is 294. The molecule has 0 spiro atoms. The Balaban J connectivity index is 2.98. The van der Waals surface area contributed by atoms with Crippen molar-refractivity contribution in [2.24, 2.45) is 0 Å². The van der Waals surface area contributed by atoms with Crippen molar-refractivity contribution in [3.05, 3.63) is 33.8 Å². The number of hydrogen-bond donors (Lipinski definition) is 0. The van der Waals surface area contributed by atoms with Gasteiger partial charge in [-0.05, 0) is 24.1 Å². The van der Waals surface area contributed by atoms with Crippen LogP contribution in [0.25, 0.3) is 0 Å². The molecular weight excluding hydrogens is 200 g/mol. The highest BCUT2D eigenvalue weighted by Gasteiger charge is 1.94. The Morgan fingerprint density at radius 1 is 1.55 bits per heavy atom. The van der Waals surface area contributed by atoms with Crippen LogP contribution in [0.15, 0.2) is 22.7 Å². The first-order chi connectivity index (χ1) is 5.24. The Hall–Kier alpha value is -0.740. The van der Waals surface area contributed by atoms with Crippen LogP contribution in [0, 0.1) is 19.3 Å². The van der Waals surface area contributed by atoms with Crippen LogP contribution in [-0.4, -0.2) is 0 Å². The Labute approximate surface area is 75.8 Å². The van der Waals surface area contributed by atoms with E-state index in [2.05, 4.69) is 47.0 Å². The van der Waals surface area contributed by atoms with Crippen molar-refractivity contribution >= 4 is 15.9 Å². The van der Waals surface area contributed by atoms with Gasteiger partial charge in [0.15, 0.2) is 0 Å². The van der Waals surface area contributed by atoms with Crippen molar-refractivity contribution < 1.29 is 0 Å². The van der Waals surface area contributed by atoms with Gasteiger partial charge in [0, 0.05) is 10.9 Å². The number of terminal acetylenes is 1. The van der Waals surface area contributed by atoms with E-state index in [0.717, 1.165) is 4.47 Å². The summed E-state index contributed by atoms with van der Waals surface area (Å²) in [5, 5.41) is 0. The smallest absolute Gasteiger partial charge is 0.0338 e. The topological polar surface area (TPSA) is 0 Å². The molecule has 11 heavy (non-hydrogen) atoms. The highest BCUT2D eigenvalue weighted by atomic mass is 79.9. The highest BCUT2D eigenvalue weighted by molar-refractivity contribution is 9.10. The van der Waals surface area contributed by atoms with E-state index in [1.165, 1.54) is 11.1 Å². The van der Waals surface area contributed by atoms with E-state index in [4.69, 9.17) is 6.42 Å². The first kappa shape index (κ1) is 8.36. The Kier molecular flexibility index (Phi) is 2.73. The molecule has 1 rings (SSSR count). The summed E-state index contributed by atoms with van der Waals surface area (Å²) in [4.78, 5) is 0. The zero-order valence-corrected chi connectivity index (χ0v) is 7.98. The van der Waals surface area contributed by atoms with Crippen LogP contribution in [0.5, 0.6) is 0 Å². The first-order valence-electron chi connectivity index (χ1n) is 3.42. The van der Waals surface area contributed by atoms with Gasteiger partial charge in [0.1, 0.15) is 0 Å². The van der Waals surface area contributed by atoms with Gasteiger partial charge in [-0.25, -0.2) is 0 Å². The van der Waals surface area contributed by atoms with Crippen molar-refractivity contribution in [3.63, 3.8) is 0 Å². The summed E-state index contributed by atoms with van der Waals surface area (Å²) >= 11 is 3.45. The Morgan fingerprint density at radius 2 is 2.27 bits per heavy atom. The minimum Gasteiger partial charge on any atom is -0.120 e. The van der Waals surface area contributed by atoms with Gasteiger partial charge in [-0.15, -0.1) is 12.3 Å². The molecule has 0 unspecified atom stereocenters. The van der Waals surface area contributed by atoms with Crippen LogP contribution < -0.4 is 0 Å². The molecular formula is C10H9Br. The van der Waals surface area contributed by atoms with Crippen LogP contribution in [0.3, 0.4) is 0 Å². The highest BCUT2D eigenvalue weighted by Crippen LogP contribution is 2.17. The summed E-state index contributed by atoms with van der Waals surface area (Å²) in [7, 11) is 0. The summed E-state index contributed by atoms with van der Waals surface area (Å²) < 4.78 is 1.13. The minimum absolute atomic E-state index is 0.707. The van der Waals surface area contributed by atoms with Crippen LogP contribution in [-0.2, 0) is 6.42 Å². The van der Waals surface area contributed by atoms with Gasteiger partial charge in [0.25, 0.3) is 0 Å². The molecule has 0 saturated carbocycles. The lowest BCUT2D eigenvalue weighted by molar-refractivity contribution is 1.28. The van der Waals surface area contributed by atoms with Gasteiger partial charge < -0.3 is 0 Å². The summed E-state index contributed by atoms with van der Waals surface area (Å²) in [5.41, 5.74) is 2.43. The minimum atomic E-state index is 0.707. The molecule has 0 amide bonds. The van der Waals surface area contributed by atoms with Crippen molar-refractivity contribution in [2.45, 2.75) is 13.3 Å². The predicted octanol–water partition coefficient (Wildman–Crippen LogP) is 2.93. The van der Waals surface area contributed by atoms with Crippen LogP contribution in [0.2, 0.25) is 0 Å². The number of rotatable bonds is 1. The number of aryl methyl sites for hydroxylation is 1. The number of benzene rings is 1. The zero-order valence-electron chi connectivity index (χ0n) is 6.39. The normalized spacial score (nSPS) is 9.18. The lowest BCUT2D eigenvalue weighted by Crippen LogP contribution is -1.82. The molecule has 1 aromatic carbocycles. The summed E-state index contributed by atoms with van der Waals surface area (Å²) in [5.74, 6) is 2.61. The van der Waals surface area contributed by atoms with E-state index >= 15 is 0 Å². The third kappa shape index (κ3) is 2.10. The van der Waals surface area contributed by atoms with Crippen LogP contribution in [0.4, 0.5) is 0 Å². The maximum absolute atomic E-state index is 5.18. The zero-order chi connectivity index (χ0) is 8.27. The molecule has 0 heterocycles. The maximum Gasteiger partial charge on any atom is 0.0338 e. The van der Waals surface area contributed by atoms with E-state index in [9.17, 15) is 0 Å². The standard InChI is InChI=1S/C10H9Br/c1-3-4-9-6-5-8(2)10(11)7-9/h1,5-7H,4H2,2H3. The lowest BCUT2D eigenvalue weighted by Gasteiger charge is -1.99. The van der Waals surface area contributed by atoms with Gasteiger partial charge in [0.2, 0.25) is 0 Å². The molecule has 0 atom stereocenters. The molecule has 0 saturated heterocycles. The van der Waals surface area contributed by atoms with Crippen molar-refractivity contribution in [3.8, 4) is 12.3 Å². The molecule has 0 aliphatic carbocycles.